The van der Waals surface area contributed by atoms with Gasteiger partial charge >= 0.3 is 0 Å². The summed E-state index contributed by atoms with van der Waals surface area (Å²) < 4.78 is 20.5. The molecule has 156 valence electrons. The molecule has 0 atom stereocenters. The molecule has 0 N–H and O–H groups in total. The third-order valence-electron chi connectivity index (χ3n) is 5.91. The van der Waals surface area contributed by atoms with Crippen LogP contribution in [-0.2, 0) is 13.1 Å². The molecule has 1 saturated carbocycles. The SMILES string of the molecule is O=c1ccc(-c2ccc(F)cc2)nn1CC1CCN(Cc2nnc(C3CC3)o2)CC1. The van der Waals surface area contributed by atoms with E-state index >= 15 is 0 Å². The van der Waals surface area contributed by atoms with Crippen LogP contribution in [0.25, 0.3) is 11.3 Å². The minimum atomic E-state index is -0.289. The molecule has 2 fully saturated rings. The standard InChI is InChI=1S/C22H24FN5O2/c23-18-5-3-16(4-6-18)19-7-8-21(29)28(26-19)13-15-9-11-27(12-10-15)14-20-24-25-22(30-20)17-1-2-17/h3-8,15,17H,1-2,9-14H2. The second-order valence-corrected chi connectivity index (χ2v) is 8.27. The van der Waals surface area contributed by atoms with E-state index in [4.69, 9.17) is 4.42 Å². The maximum absolute atomic E-state index is 13.2. The van der Waals surface area contributed by atoms with Gasteiger partial charge in [-0.3, -0.25) is 9.69 Å². The maximum Gasteiger partial charge on any atom is 0.266 e. The van der Waals surface area contributed by atoms with E-state index in [2.05, 4.69) is 20.2 Å². The van der Waals surface area contributed by atoms with E-state index in [1.54, 1.807) is 22.9 Å². The lowest BCUT2D eigenvalue weighted by Gasteiger charge is -2.30. The molecule has 8 heteroatoms. The molecule has 2 aromatic heterocycles. The molecule has 5 rings (SSSR count). The maximum atomic E-state index is 13.2. The van der Waals surface area contributed by atoms with Gasteiger partial charge in [-0.15, -0.1) is 10.2 Å². The minimum absolute atomic E-state index is 0.109. The summed E-state index contributed by atoms with van der Waals surface area (Å²) in [6.07, 6.45) is 4.28. The van der Waals surface area contributed by atoms with Gasteiger partial charge in [0.15, 0.2) is 0 Å². The van der Waals surface area contributed by atoms with Crippen molar-refractivity contribution < 1.29 is 8.81 Å². The number of rotatable bonds is 6. The van der Waals surface area contributed by atoms with Crippen molar-refractivity contribution in [3.63, 3.8) is 0 Å². The number of halogens is 1. The molecular formula is C22H24FN5O2. The van der Waals surface area contributed by atoms with Crippen LogP contribution in [0.4, 0.5) is 4.39 Å². The molecule has 1 aromatic carbocycles. The van der Waals surface area contributed by atoms with E-state index in [0.717, 1.165) is 50.2 Å². The molecule has 3 aromatic rings. The van der Waals surface area contributed by atoms with Crippen LogP contribution < -0.4 is 5.56 Å². The Bertz CT molecular complexity index is 1070. The first-order chi connectivity index (χ1) is 14.6. The zero-order chi connectivity index (χ0) is 20.5. The first kappa shape index (κ1) is 19.1. The highest BCUT2D eigenvalue weighted by Crippen LogP contribution is 2.39. The quantitative estimate of drug-likeness (QED) is 0.622. The fourth-order valence-corrected chi connectivity index (χ4v) is 3.94. The highest BCUT2D eigenvalue weighted by molar-refractivity contribution is 5.57. The van der Waals surface area contributed by atoms with E-state index in [0.29, 0.717) is 36.5 Å². The van der Waals surface area contributed by atoms with Gasteiger partial charge in [-0.25, -0.2) is 9.07 Å². The largest absolute Gasteiger partial charge is 0.424 e. The molecule has 0 unspecified atom stereocenters. The van der Waals surface area contributed by atoms with Crippen molar-refractivity contribution in [2.45, 2.75) is 44.7 Å². The zero-order valence-corrected chi connectivity index (χ0v) is 16.7. The molecule has 3 heterocycles. The zero-order valence-electron chi connectivity index (χ0n) is 16.7. The Morgan fingerprint density at radius 2 is 1.77 bits per heavy atom. The predicted octanol–water partition coefficient (Wildman–Crippen LogP) is 3.22. The van der Waals surface area contributed by atoms with Gasteiger partial charge in [-0.05, 0) is 75.0 Å². The summed E-state index contributed by atoms with van der Waals surface area (Å²) in [5.74, 6) is 2.06. The molecule has 0 spiro atoms. The Hall–Kier alpha value is -2.87. The molecule has 1 aliphatic carbocycles. The smallest absolute Gasteiger partial charge is 0.266 e. The van der Waals surface area contributed by atoms with Gasteiger partial charge < -0.3 is 4.42 Å². The average Bonchev–Trinajstić information content (AvgIpc) is 3.51. The second-order valence-electron chi connectivity index (χ2n) is 8.27. The minimum Gasteiger partial charge on any atom is -0.424 e. The van der Waals surface area contributed by atoms with Crippen molar-refractivity contribution in [3.8, 4) is 11.3 Å². The molecular weight excluding hydrogens is 385 g/mol. The van der Waals surface area contributed by atoms with E-state index in [-0.39, 0.29) is 11.4 Å². The Balaban J connectivity index is 1.19. The molecule has 0 bridgehead atoms. The van der Waals surface area contributed by atoms with Gasteiger partial charge in [0.25, 0.3) is 5.56 Å². The number of nitrogens with zero attached hydrogens (tertiary/aromatic N) is 5. The van der Waals surface area contributed by atoms with Crippen LogP contribution in [0.1, 0.15) is 43.4 Å². The predicted molar refractivity (Wildman–Crippen MR) is 108 cm³/mol. The molecule has 2 aliphatic rings. The van der Waals surface area contributed by atoms with Crippen LogP contribution in [0.15, 0.2) is 45.6 Å². The van der Waals surface area contributed by atoms with Gasteiger partial charge in [0, 0.05) is 24.1 Å². The van der Waals surface area contributed by atoms with E-state index in [1.807, 2.05) is 0 Å². The van der Waals surface area contributed by atoms with Crippen molar-refractivity contribution >= 4 is 0 Å². The normalized spacial score (nSPS) is 18.0. The first-order valence-corrected chi connectivity index (χ1v) is 10.5. The lowest BCUT2D eigenvalue weighted by molar-refractivity contribution is 0.151. The molecule has 1 aliphatic heterocycles. The van der Waals surface area contributed by atoms with Crippen LogP contribution in [0.2, 0.25) is 0 Å². The third kappa shape index (κ3) is 4.33. The first-order valence-electron chi connectivity index (χ1n) is 10.5. The van der Waals surface area contributed by atoms with Crippen molar-refractivity contribution in [1.29, 1.82) is 0 Å². The van der Waals surface area contributed by atoms with Gasteiger partial charge in [0.05, 0.1) is 12.2 Å². The number of benzene rings is 1. The number of hydrogen-bond acceptors (Lipinski definition) is 6. The molecule has 1 saturated heterocycles. The topological polar surface area (TPSA) is 77.1 Å². The van der Waals surface area contributed by atoms with E-state index < -0.39 is 0 Å². The van der Waals surface area contributed by atoms with Crippen LogP contribution in [0.3, 0.4) is 0 Å². The van der Waals surface area contributed by atoms with Crippen LogP contribution in [0, 0.1) is 11.7 Å². The number of likely N-dealkylation sites (tertiary alicyclic amines) is 1. The molecule has 7 nitrogen and oxygen atoms in total. The summed E-state index contributed by atoms with van der Waals surface area (Å²) in [6, 6.07) is 9.38. The summed E-state index contributed by atoms with van der Waals surface area (Å²) in [5.41, 5.74) is 1.36. The highest BCUT2D eigenvalue weighted by atomic mass is 19.1. The monoisotopic (exact) mass is 409 g/mol. The summed E-state index contributed by atoms with van der Waals surface area (Å²) in [5, 5.41) is 12.8. The van der Waals surface area contributed by atoms with Gasteiger partial charge in [-0.1, -0.05) is 0 Å². The molecule has 0 amide bonds. The Morgan fingerprint density at radius 1 is 1.00 bits per heavy atom. The van der Waals surface area contributed by atoms with E-state index in [9.17, 15) is 9.18 Å². The van der Waals surface area contributed by atoms with Gasteiger partial charge in [0.2, 0.25) is 11.8 Å². The van der Waals surface area contributed by atoms with Crippen LogP contribution >= 0.6 is 0 Å². The van der Waals surface area contributed by atoms with Gasteiger partial charge in [-0.2, -0.15) is 5.10 Å². The fourth-order valence-electron chi connectivity index (χ4n) is 3.94. The van der Waals surface area contributed by atoms with E-state index in [1.165, 1.54) is 18.2 Å². The second kappa shape index (κ2) is 8.10. The van der Waals surface area contributed by atoms with Gasteiger partial charge in [0.1, 0.15) is 5.82 Å². The average molecular weight is 409 g/mol. The van der Waals surface area contributed by atoms with Crippen molar-refractivity contribution in [3.05, 3.63) is 64.4 Å². The highest BCUT2D eigenvalue weighted by Gasteiger charge is 2.30. The summed E-state index contributed by atoms with van der Waals surface area (Å²) in [6.45, 7) is 3.13. The Kier molecular flexibility index (Phi) is 5.16. The summed E-state index contributed by atoms with van der Waals surface area (Å²) in [4.78, 5) is 14.6. The summed E-state index contributed by atoms with van der Waals surface area (Å²) in [7, 11) is 0. The fraction of sp³-hybridized carbons (Fsp3) is 0.455. The van der Waals surface area contributed by atoms with Crippen molar-refractivity contribution in [2.75, 3.05) is 13.1 Å². The lowest BCUT2D eigenvalue weighted by Crippen LogP contribution is -2.36. The number of aromatic nitrogens is 4. The lowest BCUT2D eigenvalue weighted by atomic mass is 9.97. The third-order valence-corrected chi connectivity index (χ3v) is 5.91. The van der Waals surface area contributed by atoms with Crippen LogP contribution in [0.5, 0.6) is 0 Å². The number of piperidine rings is 1. The number of hydrogen-bond donors (Lipinski definition) is 0. The molecule has 0 radical (unpaired) electrons. The van der Waals surface area contributed by atoms with Crippen molar-refractivity contribution in [2.24, 2.45) is 5.92 Å². The Labute approximate surface area is 173 Å². The van der Waals surface area contributed by atoms with Crippen molar-refractivity contribution in [1.82, 2.24) is 24.9 Å². The van der Waals surface area contributed by atoms with Crippen LogP contribution in [-0.4, -0.2) is 38.0 Å². The molecule has 30 heavy (non-hydrogen) atoms. The Morgan fingerprint density at radius 3 is 2.50 bits per heavy atom. The summed E-state index contributed by atoms with van der Waals surface area (Å²) >= 11 is 0.